The molecule has 4 heteroatoms. The van der Waals surface area contributed by atoms with Gasteiger partial charge in [-0.3, -0.25) is 10.1 Å². The Hall–Kier alpha value is -1.06. The average molecular weight is 87.0 g/mol. The maximum atomic E-state index is 9.37. The Morgan fingerprint density at radius 1 is 2.00 bits per heavy atom. The van der Waals surface area contributed by atoms with Gasteiger partial charge in [0.25, 0.3) is 0 Å². The van der Waals surface area contributed by atoms with Crippen LogP contribution in [0.2, 0.25) is 0 Å². The fraction of sp³-hybridized carbons (Fsp3) is 0. The summed E-state index contributed by atoms with van der Waals surface area (Å²) in [4.78, 5) is 8.79. The van der Waals surface area contributed by atoms with Crippen molar-refractivity contribution in [3.63, 3.8) is 0 Å². The third kappa shape index (κ3) is 0.314. The van der Waals surface area contributed by atoms with Gasteiger partial charge in [0.05, 0.1) is 0 Å². The van der Waals surface area contributed by atoms with E-state index in [1.807, 2.05) is 0 Å². The highest BCUT2D eigenvalue weighted by molar-refractivity contribution is 4.89. The van der Waals surface area contributed by atoms with Crippen LogP contribution in [0.3, 0.4) is 0 Å². The van der Waals surface area contributed by atoms with E-state index in [2.05, 4.69) is 4.74 Å². The van der Waals surface area contributed by atoms with Crippen LogP contribution in [-0.4, -0.2) is 4.92 Å². The molecule has 6 heavy (non-hydrogen) atoms. The molecular weight excluding hydrogens is 86.0 g/mol. The Bertz CT molecular complexity index is 116. The predicted octanol–water partition coefficient (Wildman–Crippen LogP) is 0.0922. The lowest BCUT2D eigenvalue weighted by Gasteiger charge is -1.68. The van der Waals surface area contributed by atoms with Gasteiger partial charge in [-0.25, -0.2) is 0 Å². The number of nitro groups is 1. The summed E-state index contributed by atoms with van der Waals surface area (Å²) < 4.78 is 4.06. The molecule has 0 aromatic carbocycles. The summed E-state index contributed by atoms with van der Waals surface area (Å²) in [5, 5.41) is 9.37. The van der Waals surface area contributed by atoms with Crippen molar-refractivity contribution < 1.29 is 9.66 Å². The Morgan fingerprint density at radius 3 is 2.50 bits per heavy atom. The highest BCUT2D eigenvalue weighted by atomic mass is 16.7. The molecule has 0 atom stereocenters. The van der Waals surface area contributed by atoms with E-state index < -0.39 is 4.92 Å². The summed E-state index contributed by atoms with van der Waals surface area (Å²) in [6.45, 7) is 0. The molecule has 32 valence electrons. The van der Waals surface area contributed by atoms with Crippen LogP contribution in [0, 0.1) is 10.1 Å². The lowest BCUT2D eigenvalue weighted by Crippen LogP contribution is -1.84. The summed E-state index contributed by atoms with van der Waals surface area (Å²) in [5.74, 6) is -0.144. The fourth-order valence-corrected chi connectivity index (χ4v) is 0.112. The molecule has 0 aliphatic carbocycles. The molecule has 0 saturated carbocycles. The highest BCUT2D eigenvalue weighted by Gasteiger charge is 2.23. The topological polar surface area (TPSA) is 55.7 Å². The Morgan fingerprint density at radius 2 is 2.50 bits per heavy atom. The van der Waals surface area contributed by atoms with Crippen LogP contribution >= 0.6 is 0 Å². The molecule has 0 amide bonds. The number of hydrogen-bond acceptors (Lipinski definition) is 3. The van der Waals surface area contributed by atoms with E-state index in [0.717, 1.165) is 6.26 Å². The zero-order valence-electron chi connectivity index (χ0n) is 2.75. The summed E-state index contributed by atoms with van der Waals surface area (Å²) >= 11 is 0. The molecule has 1 aliphatic rings. The number of rotatable bonds is 1. The van der Waals surface area contributed by atoms with Gasteiger partial charge in [-0.15, -0.1) is 0 Å². The van der Waals surface area contributed by atoms with Gasteiger partial charge < -0.3 is 4.74 Å². The van der Waals surface area contributed by atoms with Crippen molar-refractivity contribution >= 4 is 0 Å². The zero-order valence-corrected chi connectivity index (χ0v) is 2.75. The van der Waals surface area contributed by atoms with Gasteiger partial charge >= 0.3 is 5.88 Å². The molecule has 0 saturated heterocycles. The molecule has 0 spiro atoms. The van der Waals surface area contributed by atoms with Crippen LogP contribution in [-0.2, 0) is 4.74 Å². The second kappa shape index (κ2) is 0.707. The smallest absolute Gasteiger partial charge is 0.396 e. The minimum absolute atomic E-state index is 0.144. The predicted molar refractivity (Wildman–Crippen MR) is 16.2 cm³/mol. The Kier molecular flexibility index (Phi) is 0.370. The van der Waals surface area contributed by atoms with E-state index in [1.54, 1.807) is 0 Å². The maximum absolute atomic E-state index is 9.37. The molecule has 0 N–H and O–H groups in total. The quantitative estimate of drug-likeness (QED) is 0.336. The number of ether oxygens (including phenoxy) is 1. The number of nitrogens with zero attached hydrogens (tertiary/aromatic N) is 1. The van der Waals surface area contributed by atoms with Crippen LogP contribution in [0.4, 0.5) is 0 Å². The molecule has 0 aromatic heterocycles. The largest absolute Gasteiger partial charge is 0.469 e. The summed E-state index contributed by atoms with van der Waals surface area (Å²) in [5.41, 5.74) is 0. The number of hydrogen-bond donors (Lipinski definition) is 0. The van der Waals surface area contributed by atoms with E-state index in [0.29, 0.717) is 0 Å². The second-order valence-electron chi connectivity index (χ2n) is 0.831. The van der Waals surface area contributed by atoms with Crippen molar-refractivity contribution in [2.45, 2.75) is 0 Å². The monoisotopic (exact) mass is 87.0 g/mol. The first-order valence-electron chi connectivity index (χ1n) is 1.32. The molecule has 1 aliphatic heterocycles. The van der Waals surface area contributed by atoms with E-state index in [9.17, 15) is 10.1 Å². The van der Waals surface area contributed by atoms with E-state index in [4.69, 9.17) is 0 Å². The van der Waals surface area contributed by atoms with Crippen molar-refractivity contribution in [3.8, 4) is 0 Å². The summed E-state index contributed by atoms with van der Waals surface area (Å²) in [7, 11) is 0. The third-order valence-corrected chi connectivity index (χ3v) is 0.403. The van der Waals surface area contributed by atoms with Crippen LogP contribution in [0.5, 0.6) is 0 Å². The van der Waals surface area contributed by atoms with Gasteiger partial charge in [0.1, 0.15) is 4.92 Å². The van der Waals surface area contributed by atoms with E-state index in [-0.39, 0.29) is 5.88 Å². The van der Waals surface area contributed by atoms with Crippen LogP contribution in [0.15, 0.2) is 12.1 Å². The molecule has 0 aromatic rings. The molecule has 0 radical (unpaired) electrons. The fourth-order valence-electron chi connectivity index (χ4n) is 0.112. The average Bonchev–Trinajstić information content (AvgIpc) is 2.06. The minimum Gasteiger partial charge on any atom is -0.396 e. The van der Waals surface area contributed by atoms with E-state index in [1.165, 1.54) is 0 Å². The Balaban J connectivity index is 2.52. The summed E-state index contributed by atoms with van der Waals surface area (Å²) in [6.07, 6.45) is 1.08. The van der Waals surface area contributed by atoms with Crippen LogP contribution < -0.4 is 0 Å². The summed E-state index contributed by atoms with van der Waals surface area (Å²) in [6, 6.07) is 0. The molecule has 0 bridgehead atoms. The first-order chi connectivity index (χ1) is 2.80. The molecule has 1 rings (SSSR count). The molecular formula is C2HNO3. The van der Waals surface area contributed by atoms with Crippen molar-refractivity contribution in [1.29, 1.82) is 0 Å². The third-order valence-electron chi connectivity index (χ3n) is 0.403. The van der Waals surface area contributed by atoms with Crippen molar-refractivity contribution in [1.82, 2.24) is 0 Å². The zero-order chi connectivity index (χ0) is 4.57. The van der Waals surface area contributed by atoms with Gasteiger partial charge in [-0.2, -0.15) is 0 Å². The maximum Gasteiger partial charge on any atom is 0.469 e. The SMILES string of the molecule is O=[N+]([O-])C1=CO1. The van der Waals surface area contributed by atoms with Crippen molar-refractivity contribution in [2.24, 2.45) is 0 Å². The molecule has 0 unspecified atom stereocenters. The van der Waals surface area contributed by atoms with E-state index >= 15 is 0 Å². The van der Waals surface area contributed by atoms with Gasteiger partial charge in [-0.05, 0) is 0 Å². The normalized spacial score (nSPS) is 15.0. The lowest BCUT2D eigenvalue weighted by molar-refractivity contribution is -0.437. The highest BCUT2D eigenvalue weighted by Crippen LogP contribution is 2.11. The van der Waals surface area contributed by atoms with Gasteiger partial charge in [-0.1, -0.05) is 0 Å². The van der Waals surface area contributed by atoms with Gasteiger partial charge in [0, 0.05) is 0 Å². The van der Waals surface area contributed by atoms with Crippen LogP contribution in [0.25, 0.3) is 0 Å². The first kappa shape index (κ1) is 3.14. The molecule has 4 nitrogen and oxygen atoms in total. The minimum atomic E-state index is -0.583. The molecule has 0 fully saturated rings. The Labute approximate surface area is 33.2 Å². The standard InChI is InChI=1S/C2HNO3/c4-3(5)2-1-6-2/h1H. The van der Waals surface area contributed by atoms with Crippen molar-refractivity contribution in [3.05, 3.63) is 22.3 Å². The van der Waals surface area contributed by atoms with Crippen LogP contribution in [0.1, 0.15) is 0 Å². The first-order valence-corrected chi connectivity index (χ1v) is 1.32. The van der Waals surface area contributed by atoms with Gasteiger partial charge in [0.2, 0.25) is 6.26 Å². The van der Waals surface area contributed by atoms with Gasteiger partial charge in [0.15, 0.2) is 0 Å². The lowest BCUT2D eigenvalue weighted by atomic mass is 11.1. The van der Waals surface area contributed by atoms with Crippen molar-refractivity contribution in [2.75, 3.05) is 0 Å². The molecule has 1 heterocycles. The second-order valence-corrected chi connectivity index (χ2v) is 0.831.